The van der Waals surface area contributed by atoms with E-state index in [1.54, 1.807) is 0 Å². The lowest BCUT2D eigenvalue weighted by molar-refractivity contribution is -0.117. The van der Waals surface area contributed by atoms with E-state index >= 15 is 0 Å². The van der Waals surface area contributed by atoms with Gasteiger partial charge in [-0.2, -0.15) is 0 Å². The van der Waals surface area contributed by atoms with Crippen LogP contribution in [0.2, 0.25) is 0 Å². The summed E-state index contributed by atoms with van der Waals surface area (Å²) < 4.78 is 5.45. The van der Waals surface area contributed by atoms with Crippen LogP contribution in [0.4, 0.5) is 5.69 Å². The zero-order valence-corrected chi connectivity index (χ0v) is 9.53. The van der Waals surface area contributed by atoms with Gasteiger partial charge in [0.25, 0.3) is 0 Å². The molecule has 0 fully saturated rings. The van der Waals surface area contributed by atoms with Gasteiger partial charge in [-0.1, -0.05) is 6.92 Å². The van der Waals surface area contributed by atoms with Gasteiger partial charge in [-0.3, -0.25) is 4.79 Å². The molecule has 0 radical (unpaired) electrons. The smallest absolute Gasteiger partial charge is 0.219 e. The highest BCUT2D eigenvalue weighted by molar-refractivity contribution is 5.74. The van der Waals surface area contributed by atoms with Crippen LogP contribution in [0.1, 0.15) is 19.8 Å². The third-order valence-corrected chi connectivity index (χ3v) is 2.03. The number of rotatable bonds is 7. The van der Waals surface area contributed by atoms with Gasteiger partial charge in [-0.25, -0.2) is 0 Å². The van der Waals surface area contributed by atoms with Crippen LogP contribution in [-0.4, -0.2) is 19.1 Å². The number of nitrogens with one attached hydrogen (secondary N) is 1. The molecular formula is C12H18N2O2. The fourth-order valence-corrected chi connectivity index (χ4v) is 1.22. The Kier molecular flexibility index (Phi) is 5.19. The first-order chi connectivity index (χ1) is 7.72. The van der Waals surface area contributed by atoms with E-state index in [4.69, 9.17) is 10.5 Å². The zero-order chi connectivity index (χ0) is 11.8. The molecule has 88 valence electrons. The molecule has 0 aliphatic heterocycles. The molecule has 0 aliphatic rings. The minimum absolute atomic E-state index is 0.296. The van der Waals surface area contributed by atoms with Crippen LogP contribution < -0.4 is 15.8 Å². The number of primary amides is 1. The van der Waals surface area contributed by atoms with Crippen molar-refractivity contribution in [2.75, 3.05) is 18.5 Å². The summed E-state index contributed by atoms with van der Waals surface area (Å²) in [7, 11) is 0. The van der Waals surface area contributed by atoms with Crippen molar-refractivity contribution in [2.24, 2.45) is 5.73 Å². The standard InChI is InChI=1S/C12H18N2O2/c1-2-9-16-11-5-3-10(4-6-11)14-8-7-12(13)15/h3-6,14H,2,7-9H2,1H3,(H2,13,15). The fraction of sp³-hybridized carbons (Fsp3) is 0.417. The van der Waals surface area contributed by atoms with E-state index < -0.39 is 0 Å². The average Bonchev–Trinajstić information content (AvgIpc) is 2.27. The Labute approximate surface area is 95.8 Å². The Bertz CT molecular complexity index is 322. The minimum atomic E-state index is -0.296. The second-order valence-electron chi connectivity index (χ2n) is 3.52. The predicted molar refractivity (Wildman–Crippen MR) is 64.5 cm³/mol. The molecule has 0 spiro atoms. The molecule has 16 heavy (non-hydrogen) atoms. The van der Waals surface area contributed by atoms with Gasteiger partial charge in [0.2, 0.25) is 5.91 Å². The van der Waals surface area contributed by atoms with E-state index in [1.165, 1.54) is 0 Å². The number of hydrogen-bond donors (Lipinski definition) is 2. The van der Waals surface area contributed by atoms with Gasteiger partial charge in [0.15, 0.2) is 0 Å². The van der Waals surface area contributed by atoms with E-state index in [1.807, 2.05) is 24.3 Å². The van der Waals surface area contributed by atoms with Gasteiger partial charge in [-0.05, 0) is 30.7 Å². The second-order valence-corrected chi connectivity index (χ2v) is 3.52. The molecule has 0 aromatic heterocycles. The lowest BCUT2D eigenvalue weighted by Crippen LogP contribution is -2.15. The summed E-state index contributed by atoms with van der Waals surface area (Å²) in [6.07, 6.45) is 1.34. The van der Waals surface area contributed by atoms with Crippen molar-refractivity contribution >= 4 is 11.6 Å². The van der Waals surface area contributed by atoms with Gasteiger partial charge in [0.1, 0.15) is 5.75 Å². The van der Waals surface area contributed by atoms with Crippen molar-refractivity contribution in [2.45, 2.75) is 19.8 Å². The summed E-state index contributed by atoms with van der Waals surface area (Å²) >= 11 is 0. The summed E-state index contributed by atoms with van der Waals surface area (Å²) in [5, 5.41) is 3.10. The first kappa shape index (κ1) is 12.4. The topological polar surface area (TPSA) is 64.3 Å². The Morgan fingerprint density at radius 1 is 1.38 bits per heavy atom. The first-order valence-corrected chi connectivity index (χ1v) is 5.47. The molecule has 0 heterocycles. The number of ether oxygens (including phenoxy) is 1. The molecule has 0 saturated heterocycles. The van der Waals surface area contributed by atoms with Crippen molar-refractivity contribution in [1.82, 2.24) is 0 Å². The van der Waals surface area contributed by atoms with Crippen LogP contribution >= 0.6 is 0 Å². The number of carbonyl (C=O) groups excluding carboxylic acids is 1. The van der Waals surface area contributed by atoms with Crippen LogP contribution in [0.3, 0.4) is 0 Å². The summed E-state index contributed by atoms with van der Waals surface area (Å²) in [5.41, 5.74) is 6.00. The largest absolute Gasteiger partial charge is 0.494 e. The predicted octanol–water partition coefficient (Wildman–Crippen LogP) is 1.76. The first-order valence-electron chi connectivity index (χ1n) is 5.47. The Balaban J connectivity index is 2.36. The van der Waals surface area contributed by atoms with E-state index in [9.17, 15) is 4.79 Å². The van der Waals surface area contributed by atoms with Gasteiger partial charge in [0, 0.05) is 18.7 Å². The van der Waals surface area contributed by atoms with Crippen LogP contribution in [0.15, 0.2) is 24.3 Å². The van der Waals surface area contributed by atoms with Crippen LogP contribution in [0.5, 0.6) is 5.75 Å². The number of nitrogens with two attached hydrogens (primary N) is 1. The lowest BCUT2D eigenvalue weighted by Gasteiger charge is -2.07. The molecule has 1 aromatic carbocycles. The van der Waals surface area contributed by atoms with E-state index in [2.05, 4.69) is 12.2 Å². The molecule has 0 atom stereocenters. The summed E-state index contributed by atoms with van der Waals surface area (Å²) in [5.74, 6) is 0.567. The quantitative estimate of drug-likeness (QED) is 0.739. The van der Waals surface area contributed by atoms with Crippen molar-refractivity contribution in [3.63, 3.8) is 0 Å². The molecule has 0 aliphatic carbocycles. The zero-order valence-electron chi connectivity index (χ0n) is 9.53. The molecule has 0 bridgehead atoms. The van der Waals surface area contributed by atoms with Crippen molar-refractivity contribution in [3.05, 3.63) is 24.3 Å². The van der Waals surface area contributed by atoms with Crippen LogP contribution in [0, 0.1) is 0 Å². The molecule has 0 unspecified atom stereocenters. The van der Waals surface area contributed by atoms with Crippen molar-refractivity contribution < 1.29 is 9.53 Å². The highest BCUT2D eigenvalue weighted by Gasteiger charge is 1.96. The Morgan fingerprint density at radius 3 is 2.62 bits per heavy atom. The number of amides is 1. The van der Waals surface area contributed by atoms with Crippen LogP contribution in [-0.2, 0) is 4.79 Å². The molecular weight excluding hydrogens is 204 g/mol. The van der Waals surface area contributed by atoms with Gasteiger partial charge < -0.3 is 15.8 Å². The highest BCUT2D eigenvalue weighted by Crippen LogP contribution is 2.15. The van der Waals surface area contributed by atoms with Crippen molar-refractivity contribution in [1.29, 1.82) is 0 Å². The van der Waals surface area contributed by atoms with Gasteiger partial charge >= 0.3 is 0 Å². The molecule has 1 rings (SSSR count). The molecule has 0 saturated carbocycles. The monoisotopic (exact) mass is 222 g/mol. The fourth-order valence-electron chi connectivity index (χ4n) is 1.22. The molecule has 4 nitrogen and oxygen atoms in total. The Morgan fingerprint density at radius 2 is 2.06 bits per heavy atom. The minimum Gasteiger partial charge on any atom is -0.494 e. The summed E-state index contributed by atoms with van der Waals surface area (Å²) in [4.78, 5) is 10.5. The SMILES string of the molecule is CCCOc1ccc(NCCC(N)=O)cc1. The number of carbonyl (C=O) groups is 1. The molecule has 1 amide bonds. The van der Waals surface area contributed by atoms with E-state index in [0.717, 1.165) is 24.5 Å². The average molecular weight is 222 g/mol. The number of benzene rings is 1. The number of anilines is 1. The number of hydrogen-bond acceptors (Lipinski definition) is 3. The van der Waals surface area contributed by atoms with Crippen LogP contribution in [0.25, 0.3) is 0 Å². The summed E-state index contributed by atoms with van der Waals surface area (Å²) in [6, 6.07) is 7.66. The Hall–Kier alpha value is -1.71. The molecule has 4 heteroatoms. The van der Waals surface area contributed by atoms with Gasteiger partial charge in [0.05, 0.1) is 6.61 Å². The normalized spacial score (nSPS) is 9.81. The van der Waals surface area contributed by atoms with E-state index in [0.29, 0.717) is 13.0 Å². The third-order valence-electron chi connectivity index (χ3n) is 2.03. The molecule has 3 N–H and O–H groups in total. The third kappa shape index (κ3) is 4.68. The van der Waals surface area contributed by atoms with E-state index in [-0.39, 0.29) is 5.91 Å². The molecule has 1 aromatic rings. The second kappa shape index (κ2) is 6.71. The maximum atomic E-state index is 10.5. The maximum Gasteiger partial charge on any atom is 0.219 e. The lowest BCUT2D eigenvalue weighted by atomic mass is 10.3. The maximum absolute atomic E-state index is 10.5. The summed E-state index contributed by atoms with van der Waals surface area (Å²) in [6.45, 7) is 3.36. The van der Waals surface area contributed by atoms with Gasteiger partial charge in [-0.15, -0.1) is 0 Å². The van der Waals surface area contributed by atoms with Crippen molar-refractivity contribution in [3.8, 4) is 5.75 Å². The highest BCUT2D eigenvalue weighted by atomic mass is 16.5.